The van der Waals surface area contributed by atoms with Crippen LogP contribution in [0.1, 0.15) is 16.7 Å². The standard InChI is InChI=1S/C12H13NS/c1-8-6-11(7-9(2)10(8)3)12-4-5-14-13-12/h4-7H,1-3H3. The second-order valence-corrected chi connectivity index (χ2v) is 4.29. The summed E-state index contributed by atoms with van der Waals surface area (Å²) >= 11 is 1.50. The Morgan fingerprint density at radius 3 is 2.21 bits per heavy atom. The van der Waals surface area contributed by atoms with Crippen LogP contribution in [0.5, 0.6) is 0 Å². The average molecular weight is 203 g/mol. The van der Waals surface area contributed by atoms with Gasteiger partial charge in [-0.1, -0.05) is 0 Å². The predicted octanol–water partition coefficient (Wildman–Crippen LogP) is 3.74. The van der Waals surface area contributed by atoms with Crippen LogP contribution in [0, 0.1) is 20.8 Å². The van der Waals surface area contributed by atoms with Crippen molar-refractivity contribution < 1.29 is 0 Å². The summed E-state index contributed by atoms with van der Waals surface area (Å²) in [6.45, 7) is 6.46. The van der Waals surface area contributed by atoms with Gasteiger partial charge in [0.05, 0.1) is 5.69 Å². The number of nitrogens with zero attached hydrogens (tertiary/aromatic N) is 1. The number of aromatic nitrogens is 1. The Morgan fingerprint density at radius 1 is 1.07 bits per heavy atom. The molecule has 0 aliphatic carbocycles. The van der Waals surface area contributed by atoms with Crippen LogP contribution in [0.25, 0.3) is 11.3 Å². The fourth-order valence-electron chi connectivity index (χ4n) is 1.55. The average Bonchev–Trinajstić information content (AvgIpc) is 2.66. The summed E-state index contributed by atoms with van der Waals surface area (Å²) in [7, 11) is 0. The van der Waals surface area contributed by atoms with Crippen LogP contribution in [0.2, 0.25) is 0 Å². The van der Waals surface area contributed by atoms with Crippen LogP contribution in [-0.2, 0) is 0 Å². The maximum absolute atomic E-state index is 4.34. The topological polar surface area (TPSA) is 12.9 Å². The van der Waals surface area contributed by atoms with Crippen LogP contribution < -0.4 is 0 Å². The quantitative estimate of drug-likeness (QED) is 0.688. The first-order valence-corrected chi connectivity index (χ1v) is 5.51. The number of hydrogen-bond donors (Lipinski definition) is 0. The molecule has 2 heteroatoms. The molecule has 0 unspecified atom stereocenters. The van der Waals surface area contributed by atoms with Gasteiger partial charge in [0, 0.05) is 10.9 Å². The number of benzene rings is 1. The third-order valence-electron chi connectivity index (χ3n) is 2.66. The largest absolute Gasteiger partial charge is 0.193 e. The summed E-state index contributed by atoms with van der Waals surface area (Å²) in [6, 6.07) is 6.48. The van der Waals surface area contributed by atoms with Crippen LogP contribution in [0.4, 0.5) is 0 Å². The molecule has 0 fully saturated rings. The Balaban J connectivity index is 2.57. The lowest BCUT2D eigenvalue weighted by Gasteiger charge is -2.06. The minimum atomic E-state index is 1.08. The Hall–Kier alpha value is -1.15. The third kappa shape index (κ3) is 1.58. The van der Waals surface area contributed by atoms with E-state index in [1.807, 2.05) is 5.38 Å². The van der Waals surface area contributed by atoms with E-state index in [1.165, 1.54) is 33.8 Å². The van der Waals surface area contributed by atoms with E-state index in [0.29, 0.717) is 0 Å². The minimum absolute atomic E-state index is 1.08. The lowest BCUT2D eigenvalue weighted by Crippen LogP contribution is -1.88. The fraction of sp³-hybridized carbons (Fsp3) is 0.250. The Bertz CT molecular complexity index is 420. The van der Waals surface area contributed by atoms with E-state index in [9.17, 15) is 0 Å². The molecule has 0 amide bonds. The highest BCUT2D eigenvalue weighted by Crippen LogP contribution is 2.24. The van der Waals surface area contributed by atoms with Crippen molar-refractivity contribution in [3.8, 4) is 11.3 Å². The van der Waals surface area contributed by atoms with Crippen LogP contribution >= 0.6 is 11.5 Å². The first-order chi connectivity index (χ1) is 6.68. The molecular weight excluding hydrogens is 190 g/mol. The fourth-order valence-corrected chi connectivity index (χ4v) is 2.08. The van der Waals surface area contributed by atoms with Crippen molar-refractivity contribution in [2.75, 3.05) is 0 Å². The van der Waals surface area contributed by atoms with Gasteiger partial charge >= 0.3 is 0 Å². The zero-order valence-electron chi connectivity index (χ0n) is 8.66. The number of rotatable bonds is 1. The van der Waals surface area contributed by atoms with E-state index in [2.05, 4.69) is 43.3 Å². The highest BCUT2D eigenvalue weighted by molar-refractivity contribution is 7.03. The van der Waals surface area contributed by atoms with Gasteiger partial charge in [0.2, 0.25) is 0 Å². The molecule has 72 valence electrons. The summed E-state index contributed by atoms with van der Waals surface area (Å²) in [5.41, 5.74) is 6.37. The molecule has 0 bridgehead atoms. The Labute approximate surface area is 88.6 Å². The van der Waals surface area contributed by atoms with Gasteiger partial charge in [0.1, 0.15) is 0 Å². The molecular formula is C12H13NS. The second kappa shape index (κ2) is 3.54. The molecule has 0 spiro atoms. The van der Waals surface area contributed by atoms with Crippen LogP contribution in [-0.4, -0.2) is 4.37 Å². The molecule has 0 saturated heterocycles. The predicted molar refractivity (Wildman–Crippen MR) is 61.8 cm³/mol. The van der Waals surface area contributed by atoms with Gasteiger partial charge in [-0.2, -0.15) is 4.37 Å². The summed E-state index contributed by atoms with van der Waals surface area (Å²) in [6.07, 6.45) is 0. The first-order valence-electron chi connectivity index (χ1n) is 4.67. The highest BCUT2D eigenvalue weighted by atomic mass is 32.1. The van der Waals surface area contributed by atoms with Crippen molar-refractivity contribution in [1.29, 1.82) is 0 Å². The van der Waals surface area contributed by atoms with Crippen molar-refractivity contribution in [1.82, 2.24) is 4.37 Å². The van der Waals surface area contributed by atoms with Crippen molar-refractivity contribution in [3.05, 3.63) is 40.3 Å². The van der Waals surface area contributed by atoms with Gasteiger partial charge in [-0.3, -0.25) is 0 Å². The molecule has 0 radical (unpaired) electrons. The Kier molecular flexibility index (Phi) is 2.38. The van der Waals surface area contributed by atoms with E-state index in [0.717, 1.165) is 5.69 Å². The molecule has 1 aromatic carbocycles. The van der Waals surface area contributed by atoms with E-state index >= 15 is 0 Å². The van der Waals surface area contributed by atoms with Crippen molar-refractivity contribution in [3.63, 3.8) is 0 Å². The van der Waals surface area contributed by atoms with Gasteiger partial charge in [0.15, 0.2) is 0 Å². The molecule has 2 aromatic rings. The minimum Gasteiger partial charge on any atom is -0.193 e. The van der Waals surface area contributed by atoms with E-state index in [-0.39, 0.29) is 0 Å². The van der Waals surface area contributed by atoms with Crippen LogP contribution in [0.3, 0.4) is 0 Å². The Morgan fingerprint density at radius 2 is 1.71 bits per heavy atom. The summed E-state index contributed by atoms with van der Waals surface area (Å²) in [5, 5.41) is 2.01. The first kappa shape index (κ1) is 9.41. The van der Waals surface area contributed by atoms with E-state index in [4.69, 9.17) is 0 Å². The lowest BCUT2D eigenvalue weighted by molar-refractivity contribution is 1.26. The zero-order chi connectivity index (χ0) is 10.1. The smallest absolute Gasteiger partial charge is 0.0840 e. The maximum Gasteiger partial charge on any atom is 0.0840 e. The maximum atomic E-state index is 4.34. The summed E-state index contributed by atoms with van der Waals surface area (Å²) < 4.78 is 4.34. The van der Waals surface area contributed by atoms with Crippen molar-refractivity contribution in [2.45, 2.75) is 20.8 Å². The summed E-state index contributed by atoms with van der Waals surface area (Å²) in [4.78, 5) is 0. The van der Waals surface area contributed by atoms with Gasteiger partial charge in [-0.15, -0.1) is 0 Å². The van der Waals surface area contributed by atoms with Gasteiger partial charge < -0.3 is 0 Å². The SMILES string of the molecule is Cc1cc(-c2ccsn2)cc(C)c1C. The summed E-state index contributed by atoms with van der Waals surface area (Å²) in [5.74, 6) is 0. The van der Waals surface area contributed by atoms with E-state index in [1.54, 1.807) is 0 Å². The molecule has 0 aliphatic rings. The van der Waals surface area contributed by atoms with E-state index < -0.39 is 0 Å². The lowest BCUT2D eigenvalue weighted by atomic mass is 9.99. The molecule has 14 heavy (non-hydrogen) atoms. The molecule has 1 nitrogen and oxygen atoms in total. The normalized spacial score (nSPS) is 10.5. The second-order valence-electron chi connectivity index (χ2n) is 3.62. The van der Waals surface area contributed by atoms with Gasteiger partial charge in [-0.25, -0.2) is 0 Å². The molecule has 1 heterocycles. The molecule has 0 atom stereocenters. The third-order valence-corrected chi connectivity index (χ3v) is 3.22. The monoisotopic (exact) mass is 203 g/mol. The zero-order valence-corrected chi connectivity index (χ0v) is 9.48. The number of hydrogen-bond acceptors (Lipinski definition) is 2. The molecule has 2 rings (SSSR count). The molecule has 0 saturated carbocycles. The van der Waals surface area contributed by atoms with Gasteiger partial charge in [0.25, 0.3) is 0 Å². The molecule has 0 aliphatic heterocycles. The highest BCUT2D eigenvalue weighted by Gasteiger charge is 2.04. The molecule has 0 N–H and O–H groups in total. The van der Waals surface area contributed by atoms with Gasteiger partial charge in [-0.05, 0) is 67.2 Å². The number of aryl methyl sites for hydroxylation is 2. The van der Waals surface area contributed by atoms with Crippen LogP contribution in [0.15, 0.2) is 23.6 Å². The molecule has 1 aromatic heterocycles. The van der Waals surface area contributed by atoms with Crippen molar-refractivity contribution >= 4 is 11.5 Å². The van der Waals surface area contributed by atoms with Crippen molar-refractivity contribution in [2.24, 2.45) is 0 Å².